The van der Waals surface area contributed by atoms with Crippen LogP contribution in [0.1, 0.15) is 53.0 Å². The average molecular weight is 1050 g/mol. The van der Waals surface area contributed by atoms with Crippen LogP contribution in [-0.4, -0.2) is 22.6 Å². The Morgan fingerprint density at radius 3 is 2.15 bits per heavy atom. The van der Waals surface area contributed by atoms with Gasteiger partial charge >= 0.3 is 0 Å². The van der Waals surface area contributed by atoms with E-state index in [1.165, 1.54) is 28.4 Å². The smallest absolute Gasteiger partial charge is 0.123 e. The largest absolute Gasteiger partial charge is 0.501 e. The number of rotatable bonds is 7. The standard InChI is InChI=1S/C35H26FN2O.C23H26NSi.Ir/c1-35(2,3)23-16-20-25(21-17-23)38-30-12-5-4-11-29(30)37-34(38)28-10-6-9-27-32-26(22-14-18-24(36)19-15-22)8-7-13-31(32)39-33(27)28;1-17(2)21-15-22(24-16-23(21)25(3,4)5)20-13-9-12-19(14-20)18-10-7-6-8-11-18;/h4-9,11-21H,1-3H3;6-12,14-17H,1-5H3;/q2*-1;/i;17D;. The minimum Gasteiger partial charge on any atom is -0.501 e. The van der Waals surface area contributed by atoms with E-state index in [4.69, 9.17) is 15.8 Å². The summed E-state index contributed by atoms with van der Waals surface area (Å²) in [6, 6.07) is 58.8. The molecule has 0 aliphatic heterocycles. The molecular weight excluding hydrogens is 994 g/mol. The van der Waals surface area contributed by atoms with Crippen molar-refractivity contribution >= 4 is 46.2 Å². The quantitative estimate of drug-likeness (QED) is 0.118. The number of pyridine rings is 1. The number of hydrogen-bond acceptors (Lipinski definition) is 3. The Morgan fingerprint density at radius 1 is 0.738 bits per heavy atom. The summed E-state index contributed by atoms with van der Waals surface area (Å²) < 4.78 is 31.0. The molecule has 3 aromatic heterocycles. The van der Waals surface area contributed by atoms with E-state index >= 15 is 0 Å². The van der Waals surface area contributed by atoms with Gasteiger partial charge in [0.25, 0.3) is 0 Å². The van der Waals surface area contributed by atoms with Crippen molar-refractivity contribution in [2.75, 3.05) is 0 Å². The van der Waals surface area contributed by atoms with Crippen molar-refractivity contribution in [2.24, 2.45) is 0 Å². The summed E-state index contributed by atoms with van der Waals surface area (Å²) in [4.78, 5) is 9.82. The van der Waals surface area contributed by atoms with E-state index in [1.54, 1.807) is 12.1 Å². The predicted octanol–water partition coefficient (Wildman–Crippen LogP) is 15.4. The number of fused-ring (bicyclic) bond motifs is 4. The number of para-hydroxylation sites is 2. The maximum atomic E-state index is 13.7. The van der Waals surface area contributed by atoms with E-state index in [9.17, 15) is 4.39 Å². The van der Waals surface area contributed by atoms with Crippen LogP contribution in [0.5, 0.6) is 0 Å². The molecule has 0 spiro atoms. The van der Waals surface area contributed by atoms with E-state index in [1.807, 2.05) is 92.8 Å². The van der Waals surface area contributed by atoms with Crippen molar-refractivity contribution in [1.82, 2.24) is 14.5 Å². The van der Waals surface area contributed by atoms with Crippen molar-refractivity contribution in [3.63, 3.8) is 0 Å². The van der Waals surface area contributed by atoms with Crippen molar-refractivity contribution in [3.8, 4) is 50.6 Å². The zero-order valence-electron chi connectivity index (χ0n) is 39.0. The molecule has 0 saturated carbocycles. The molecule has 7 heteroatoms. The number of nitrogens with zero attached hydrogens (tertiary/aromatic N) is 3. The second kappa shape index (κ2) is 18.3. The topological polar surface area (TPSA) is 43.9 Å². The maximum Gasteiger partial charge on any atom is 0.123 e. The summed E-state index contributed by atoms with van der Waals surface area (Å²) in [5.74, 6) is -0.133. The van der Waals surface area contributed by atoms with Gasteiger partial charge in [-0.1, -0.05) is 156 Å². The van der Waals surface area contributed by atoms with Gasteiger partial charge in [-0.05, 0) is 86.9 Å². The normalized spacial score (nSPS) is 12.2. The summed E-state index contributed by atoms with van der Waals surface area (Å²) in [5, 5.41) is 3.23. The SMILES string of the molecule is CC(C)(C)c1ccc(-n2c(-c3[c-]ccc4c3oc3cccc(-c5ccc(F)cc5)c34)nc3ccccc32)cc1.[2H]C(C)(C)c1cc(-c2[c-]ccc(-c3ccccc3)c2)ncc1[Si](C)(C)C.[Ir]. The molecule has 0 aliphatic carbocycles. The fourth-order valence-corrected chi connectivity index (χ4v) is 10.0. The molecule has 0 atom stereocenters. The van der Waals surface area contributed by atoms with E-state index < -0.39 is 14.0 Å². The first-order chi connectivity index (χ1) is 31.0. The molecule has 0 N–H and O–H groups in total. The molecule has 3 heterocycles. The molecule has 1 radical (unpaired) electrons. The summed E-state index contributed by atoms with van der Waals surface area (Å²) in [6.45, 7) is 17.5. The molecule has 7 aromatic carbocycles. The molecule has 327 valence electrons. The number of hydrogen-bond donors (Lipinski definition) is 0. The Kier molecular flexibility index (Phi) is 12.4. The van der Waals surface area contributed by atoms with Gasteiger partial charge in [0.15, 0.2) is 0 Å². The van der Waals surface area contributed by atoms with Gasteiger partial charge in [-0.3, -0.25) is 4.98 Å². The van der Waals surface area contributed by atoms with Crippen LogP contribution in [0.3, 0.4) is 0 Å². The second-order valence-electron chi connectivity index (χ2n) is 18.7. The van der Waals surface area contributed by atoms with E-state index in [-0.39, 0.29) is 31.3 Å². The first kappa shape index (κ1) is 44.0. The minimum atomic E-state index is -1.57. The number of furan rings is 1. The molecule has 65 heavy (non-hydrogen) atoms. The van der Waals surface area contributed by atoms with Crippen LogP contribution in [0.2, 0.25) is 19.6 Å². The van der Waals surface area contributed by atoms with Crippen molar-refractivity contribution in [2.45, 2.75) is 65.6 Å². The van der Waals surface area contributed by atoms with Gasteiger partial charge in [-0.2, -0.15) is 0 Å². The third kappa shape index (κ3) is 9.19. The third-order valence-electron chi connectivity index (χ3n) is 11.8. The van der Waals surface area contributed by atoms with Gasteiger partial charge in [-0.25, -0.2) is 4.39 Å². The summed E-state index contributed by atoms with van der Waals surface area (Å²) in [6.07, 6.45) is 2.00. The number of benzene rings is 7. The molecule has 0 amide bonds. The van der Waals surface area contributed by atoms with Crippen LogP contribution >= 0.6 is 0 Å². The van der Waals surface area contributed by atoms with Crippen LogP contribution < -0.4 is 5.19 Å². The van der Waals surface area contributed by atoms with Gasteiger partial charge < -0.3 is 14.0 Å². The van der Waals surface area contributed by atoms with E-state index in [0.29, 0.717) is 0 Å². The van der Waals surface area contributed by atoms with E-state index in [0.717, 1.165) is 83.6 Å². The summed E-state index contributed by atoms with van der Waals surface area (Å²) in [7, 11) is -1.57. The molecule has 10 aromatic rings. The molecule has 0 aliphatic rings. The summed E-state index contributed by atoms with van der Waals surface area (Å²) in [5.41, 5.74) is 13.8. The Bertz CT molecular complexity index is 3320. The first-order valence-corrected chi connectivity index (χ1v) is 25.3. The van der Waals surface area contributed by atoms with Crippen molar-refractivity contribution in [1.29, 1.82) is 0 Å². The van der Waals surface area contributed by atoms with Crippen LogP contribution in [0.4, 0.5) is 4.39 Å². The Balaban J connectivity index is 0.000000192. The van der Waals surface area contributed by atoms with E-state index in [2.05, 4.69) is 118 Å². The zero-order chi connectivity index (χ0) is 45.7. The number of halogens is 1. The minimum absolute atomic E-state index is 0. The second-order valence-corrected chi connectivity index (χ2v) is 23.7. The molecule has 0 unspecified atom stereocenters. The van der Waals surface area contributed by atoms with Gasteiger partial charge in [0, 0.05) is 38.7 Å². The van der Waals surface area contributed by atoms with Gasteiger partial charge in [0.2, 0.25) is 0 Å². The summed E-state index contributed by atoms with van der Waals surface area (Å²) >= 11 is 0. The molecule has 0 fully saturated rings. The molecule has 10 rings (SSSR count). The Hall–Kier alpha value is -6.24. The number of aromatic nitrogens is 3. The van der Waals surface area contributed by atoms with Crippen LogP contribution in [0, 0.1) is 17.9 Å². The molecule has 0 saturated heterocycles. The number of imidazole rings is 1. The van der Waals surface area contributed by atoms with Crippen LogP contribution in [0.25, 0.3) is 83.6 Å². The molecule has 4 nitrogen and oxygen atoms in total. The van der Waals surface area contributed by atoms with Gasteiger partial charge in [0.05, 0.1) is 30.5 Å². The monoisotopic (exact) mass is 1050 g/mol. The third-order valence-corrected chi connectivity index (χ3v) is 13.8. The van der Waals surface area contributed by atoms with Crippen molar-refractivity contribution in [3.05, 3.63) is 193 Å². The Labute approximate surface area is 398 Å². The van der Waals surface area contributed by atoms with Gasteiger partial charge in [-0.15, -0.1) is 53.6 Å². The average Bonchev–Trinajstić information content (AvgIpc) is 3.88. The zero-order valence-corrected chi connectivity index (χ0v) is 41.4. The Morgan fingerprint density at radius 2 is 1.45 bits per heavy atom. The van der Waals surface area contributed by atoms with Crippen LogP contribution in [0.15, 0.2) is 168 Å². The predicted molar refractivity (Wildman–Crippen MR) is 268 cm³/mol. The van der Waals surface area contributed by atoms with Crippen molar-refractivity contribution < 1.29 is 30.3 Å². The maximum absolute atomic E-state index is 13.7. The first-order valence-electron chi connectivity index (χ1n) is 22.3. The fourth-order valence-electron chi connectivity index (χ4n) is 8.43. The molecule has 0 bridgehead atoms. The van der Waals surface area contributed by atoms with Gasteiger partial charge in [0.1, 0.15) is 11.4 Å². The molecular formula is C58H52FIrN3OSi-2. The van der Waals surface area contributed by atoms with Crippen LogP contribution in [-0.2, 0) is 25.5 Å². The fraction of sp³-hybridized carbons (Fsp3) is 0.172.